The first kappa shape index (κ1) is 16.2. The Morgan fingerprint density at radius 1 is 1.08 bits per heavy atom. The molecule has 0 fully saturated rings. The topological polar surface area (TPSA) is 97.1 Å². The first-order chi connectivity index (χ1) is 11.7. The van der Waals surface area contributed by atoms with Gasteiger partial charge in [0, 0.05) is 5.56 Å². The Morgan fingerprint density at radius 3 is 2.67 bits per heavy atom. The van der Waals surface area contributed by atoms with Gasteiger partial charge in [-0.05, 0) is 23.6 Å². The largest absolute Gasteiger partial charge is 0.411 e. The van der Waals surface area contributed by atoms with Crippen molar-refractivity contribution < 1.29 is 14.0 Å². The second-order valence-electron chi connectivity index (χ2n) is 4.51. The van der Waals surface area contributed by atoms with Crippen molar-refractivity contribution in [2.45, 2.75) is 5.22 Å². The number of thioether (sulfide) groups is 1. The molecule has 2 N–H and O–H groups in total. The number of benzene rings is 1. The molecule has 9 heteroatoms. The second-order valence-corrected chi connectivity index (χ2v) is 6.38. The number of amides is 2. The van der Waals surface area contributed by atoms with Crippen LogP contribution in [0.3, 0.4) is 0 Å². The lowest BCUT2D eigenvalue weighted by atomic mass is 10.2. The third kappa shape index (κ3) is 4.21. The molecule has 0 atom stereocenters. The van der Waals surface area contributed by atoms with E-state index in [1.54, 1.807) is 17.5 Å². The molecule has 3 aromatic rings. The zero-order valence-corrected chi connectivity index (χ0v) is 13.9. The highest BCUT2D eigenvalue weighted by Crippen LogP contribution is 2.22. The summed E-state index contributed by atoms with van der Waals surface area (Å²) in [6.45, 7) is 0. The van der Waals surface area contributed by atoms with Gasteiger partial charge in [-0.3, -0.25) is 20.4 Å². The predicted molar refractivity (Wildman–Crippen MR) is 90.4 cm³/mol. The predicted octanol–water partition coefficient (Wildman–Crippen LogP) is 2.35. The molecule has 0 aliphatic carbocycles. The van der Waals surface area contributed by atoms with Gasteiger partial charge in [-0.2, -0.15) is 0 Å². The fraction of sp³-hybridized carbons (Fsp3) is 0.0667. The molecule has 0 unspecified atom stereocenters. The summed E-state index contributed by atoms with van der Waals surface area (Å²) in [7, 11) is 0. The highest BCUT2D eigenvalue weighted by molar-refractivity contribution is 7.99. The molecule has 0 saturated carbocycles. The Bertz CT molecular complexity index is 818. The first-order valence-electron chi connectivity index (χ1n) is 6.87. The maximum atomic E-state index is 11.7. The number of rotatable bonds is 5. The second kappa shape index (κ2) is 7.75. The minimum Gasteiger partial charge on any atom is -0.411 e. The van der Waals surface area contributed by atoms with E-state index in [2.05, 4.69) is 21.0 Å². The summed E-state index contributed by atoms with van der Waals surface area (Å²) in [4.78, 5) is 23.9. The minimum absolute atomic E-state index is 0.0428. The first-order valence-corrected chi connectivity index (χ1v) is 8.73. The summed E-state index contributed by atoms with van der Waals surface area (Å²) in [5, 5.41) is 9.89. The van der Waals surface area contributed by atoms with Crippen molar-refractivity contribution in [1.82, 2.24) is 21.0 Å². The molecule has 2 heterocycles. The van der Waals surface area contributed by atoms with E-state index in [0.717, 1.165) is 17.3 Å². The molecule has 0 radical (unpaired) electrons. The van der Waals surface area contributed by atoms with E-state index in [0.29, 0.717) is 10.8 Å². The van der Waals surface area contributed by atoms with Crippen LogP contribution in [0.1, 0.15) is 9.67 Å². The summed E-state index contributed by atoms with van der Waals surface area (Å²) in [6.07, 6.45) is 0. The number of thiophene rings is 1. The summed E-state index contributed by atoms with van der Waals surface area (Å²) < 4.78 is 5.48. The lowest BCUT2D eigenvalue weighted by Crippen LogP contribution is -2.42. The number of carbonyl (C=O) groups is 2. The summed E-state index contributed by atoms with van der Waals surface area (Å²) in [5.74, 6) is -0.289. The van der Waals surface area contributed by atoms with E-state index < -0.39 is 0 Å². The highest BCUT2D eigenvalue weighted by atomic mass is 32.2. The Morgan fingerprint density at radius 2 is 1.92 bits per heavy atom. The van der Waals surface area contributed by atoms with Crippen LogP contribution in [0.4, 0.5) is 0 Å². The SMILES string of the molecule is O=C(CSc1nnc(-c2ccccc2)o1)NNC(=O)c1cccs1. The normalized spacial score (nSPS) is 10.3. The minimum atomic E-state index is -0.371. The molecule has 0 bridgehead atoms. The molecule has 122 valence electrons. The van der Waals surface area contributed by atoms with Crippen LogP contribution in [-0.2, 0) is 4.79 Å². The Labute approximate surface area is 145 Å². The Balaban J connectivity index is 1.46. The number of hydrogen-bond acceptors (Lipinski definition) is 7. The number of carbonyl (C=O) groups excluding carboxylic acids is 2. The molecule has 0 saturated heterocycles. The molecule has 0 aliphatic heterocycles. The maximum absolute atomic E-state index is 11.7. The van der Waals surface area contributed by atoms with Gasteiger partial charge in [-0.1, -0.05) is 36.0 Å². The van der Waals surface area contributed by atoms with E-state index in [4.69, 9.17) is 4.42 Å². The molecule has 7 nitrogen and oxygen atoms in total. The summed E-state index contributed by atoms with van der Waals surface area (Å²) in [5.41, 5.74) is 5.49. The molecule has 2 amide bonds. The van der Waals surface area contributed by atoms with Gasteiger partial charge < -0.3 is 4.42 Å². The summed E-state index contributed by atoms with van der Waals surface area (Å²) >= 11 is 2.38. The van der Waals surface area contributed by atoms with Crippen LogP contribution in [-0.4, -0.2) is 27.8 Å². The smallest absolute Gasteiger partial charge is 0.279 e. The van der Waals surface area contributed by atoms with Crippen LogP contribution in [0, 0.1) is 0 Å². The molecular formula is C15H12N4O3S2. The fourth-order valence-electron chi connectivity index (χ4n) is 1.72. The molecule has 24 heavy (non-hydrogen) atoms. The average Bonchev–Trinajstić information content (AvgIpc) is 3.30. The van der Waals surface area contributed by atoms with E-state index in [9.17, 15) is 9.59 Å². The van der Waals surface area contributed by atoms with Gasteiger partial charge in [0.25, 0.3) is 11.1 Å². The number of nitrogens with zero attached hydrogens (tertiary/aromatic N) is 2. The van der Waals surface area contributed by atoms with Gasteiger partial charge in [0.2, 0.25) is 11.8 Å². The van der Waals surface area contributed by atoms with Gasteiger partial charge in [0.15, 0.2) is 0 Å². The zero-order valence-electron chi connectivity index (χ0n) is 12.3. The van der Waals surface area contributed by atoms with Gasteiger partial charge in [0.1, 0.15) is 0 Å². The maximum Gasteiger partial charge on any atom is 0.279 e. The quantitative estimate of drug-likeness (QED) is 0.535. The average molecular weight is 360 g/mol. The van der Waals surface area contributed by atoms with E-state index in [-0.39, 0.29) is 22.8 Å². The Kier molecular flexibility index (Phi) is 5.24. The van der Waals surface area contributed by atoms with Crippen LogP contribution < -0.4 is 10.9 Å². The van der Waals surface area contributed by atoms with Crippen molar-refractivity contribution in [2.24, 2.45) is 0 Å². The van der Waals surface area contributed by atoms with Crippen molar-refractivity contribution in [3.05, 3.63) is 52.7 Å². The number of nitrogens with one attached hydrogen (secondary N) is 2. The van der Waals surface area contributed by atoms with E-state index in [1.165, 1.54) is 11.3 Å². The molecule has 1 aromatic carbocycles. The van der Waals surface area contributed by atoms with Crippen LogP contribution in [0.5, 0.6) is 0 Å². The number of aromatic nitrogens is 2. The van der Waals surface area contributed by atoms with Gasteiger partial charge >= 0.3 is 0 Å². The highest BCUT2D eigenvalue weighted by Gasteiger charge is 2.12. The molecule has 0 spiro atoms. The van der Waals surface area contributed by atoms with Crippen LogP contribution in [0.2, 0.25) is 0 Å². The zero-order chi connectivity index (χ0) is 16.8. The lowest BCUT2D eigenvalue weighted by Gasteiger charge is -2.04. The third-order valence-electron chi connectivity index (χ3n) is 2.81. The number of hydrazine groups is 1. The van der Waals surface area contributed by atoms with Crippen molar-refractivity contribution in [3.63, 3.8) is 0 Å². The van der Waals surface area contributed by atoms with Crippen molar-refractivity contribution >= 4 is 34.9 Å². The third-order valence-corrected chi connectivity index (χ3v) is 4.50. The van der Waals surface area contributed by atoms with Crippen molar-refractivity contribution in [3.8, 4) is 11.5 Å². The van der Waals surface area contributed by atoms with Crippen LogP contribution in [0.15, 0.2) is 57.5 Å². The van der Waals surface area contributed by atoms with Gasteiger partial charge in [-0.15, -0.1) is 21.5 Å². The van der Waals surface area contributed by atoms with Crippen molar-refractivity contribution in [2.75, 3.05) is 5.75 Å². The lowest BCUT2D eigenvalue weighted by molar-refractivity contribution is -0.119. The molecule has 2 aromatic heterocycles. The molecule has 3 rings (SSSR count). The van der Waals surface area contributed by atoms with E-state index >= 15 is 0 Å². The van der Waals surface area contributed by atoms with E-state index in [1.807, 2.05) is 30.3 Å². The standard InChI is InChI=1S/C15H12N4O3S2/c20-12(16-17-13(21)11-7-4-8-23-11)9-24-15-19-18-14(22-15)10-5-2-1-3-6-10/h1-8H,9H2,(H,16,20)(H,17,21). The monoisotopic (exact) mass is 360 g/mol. The van der Waals surface area contributed by atoms with Crippen LogP contribution in [0.25, 0.3) is 11.5 Å². The van der Waals surface area contributed by atoms with Gasteiger partial charge in [-0.25, -0.2) is 0 Å². The van der Waals surface area contributed by atoms with Crippen LogP contribution >= 0.6 is 23.1 Å². The van der Waals surface area contributed by atoms with Crippen molar-refractivity contribution in [1.29, 1.82) is 0 Å². The fourth-order valence-corrected chi connectivity index (χ4v) is 2.91. The number of hydrogen-bond donors (Lipinski definition) is 2. The summed E-state index contributed by atoms with van der Waals surface area (Å²) in [6, 6.07) is 12.8. The molecular weight excluding hydrogens is 348 g/mol. The van der Waals surface area contributed by atoms with Gasteiger partial charge in [0.05, 0.1) is 10.6 Å². The molecule has 0 aliphatic rings. The Hall–Kier alpha value is -2.65.